The summed E-state index contributed by atoms with van der Waals surface area (Å²) in [4.78, 5) is 73.2. The minimum absolute atomic E-state index is 0.108. The van der Waals surface area contributed by atoms with E-state index in [1.165, 1.54) is 295 Å². The smallest absolute Gasteiger partial charge is 0.462 e. The Morgan fingerprint density at radius 3 is 0.567 bits per heavy atom. The first-order valence-corrected chi connectivity index (χ1v) is 47.3. The van der Waals surface area contributed by atoms with Crippen LogP contribution in [-0.2, 0) is 65.4 Å². The van der Waals surface area contributed by atoms with Gasteiger partial charge in [-0.3, -0.25) is 37.3 Å². The first kappa shape index (κ1) is 102. The van der Waals surface area contributed by atoms with Gasteiger partial charge in [-0.15, -0.1) is 0 Å². The predicted molar refractivity (Wildman–Crippen MR) is 428 cm³/mol. The Morgan fingerprint density at radius 1 is 0.231 bits per heavy atom. The number of phosphoric ester groups is 2. The van der Waals surface area contributed by atoms with Crippen LogP contribution in [-0.4, -0.2) is 96.7 Å². The summed E-state index contributed by atoms with van der Waals surface area (Å²) in [6.45, 7) is 5.05. The summed E-state index contributed by atoms with van der Waals surface area (Å²) in [6, 6.07) is 0. The lowest BCUT2D eigenvalue weighted by Gasteiger charge is -2.21. The Balaban J connectivity index is 5.21. The van der Waals surface area contributed by atoms with Crippen LogP contribution >= 0.6 is 15.6 Å². The predicted octanol–water partition coefficient (Wildman–Crippen LogP) is 26.1. The lowest BCUT2D eigenvalue weighted by Crippen LogP contribution is -2.30. The fourth-order valence-electron chi connectivity index (χ4n) is 13.3. The molecule has 0 aliphatic heterocycles. The van der Waals surface area contributed by atoms with Gasteiger partial charge in [-0.2, -0.15) is 0 Å². The Labute approximate surface area is 638 Å². The van der Waals surface area contributed by atoms with E-state index in [-0.39, 0.29) is 25.7 Å². The molecule has 2 unspecified atom stereocenters. The second-order valence-electron chi connectivity index (χ2n) is 30.6. The van der Waals surface area contributed by atoms with Crippen molar-refractivity contribution in [2.24, 2.45) is 0 Å². The number of esters is 4. The maximum atomic E-state index is 13.1. The molecular weight excluding hydrogens is 1350 g/mol. The third-order valence-corrected chi connectivity index (χ3v) is 22.0. The Morgan fingerprint density at radius 2 is 0.385 bits per heavy atom. The summed E-state index contributed by atoms with van der Waals surface area (Å²) in [5.74, 6) is -2.10. The molecule has 0 aromatic carbocycles. The summed E-state index contributed by atoms with van der Waals surface area (Å²) < 4.78 is 68.8. The van der Waals surface area contributed by atoms with E-state index in [9.17, 15) is 43.2 Å². The van der Waals surface area contributed by atoms with Crippen LogP contribution in [0.1, 0.15) is 464 Å². The SMILES string of the molecule is CCCCCCCCCCCCCCCCCCCCCCCCC(=O)O[C@H](COC(=O)CCCCCCCCCCCCCCCCCCCC)COP(=O)(O)OC[C@@H](O)COP(=O)(O)OC[C@@H](COC(=O)CCCCCCCCCCCCCC)OC(=O)CCCCCCCCCCCCCC. The molecule has 5 atom stereocenters. The number of rotatable bonds is 86. The van der Waals surface area contributed by atoms with Crippen molar-refractivity contribution in [2.75, 3.05) is 39.6 Å². The number of aliphatic hydroxyl groups is 1. The third kappa shape index (κ3) is 78.2. The molecule has 0 aliphatic carbocycles. The van der Waals surface area contributed by atoms with Crippen molar-refractivity contribution in [3.8, 4) is 0 Å². The van der Waals surface area contributed by atoms with E-state index in [1.807, 2.05) is 0 Å². The van der Waals surface area contributed by atoms with Gasteiger partial charge < -0.3 is 33.8 Å². The molecule has 19 heteroatoms. The molecule has 618 valence electrons. The molecule has 0 rings (SSSR count). The second-order valence-corrected chi connectivity index (χ2v) is 33.5. The van der Waals surface area contributed by atoms with Crippen LogP contribution in [0.25, 0.3) is 0 Å². The largest absolute Gasteiger partial charge is 0.472 e. The highest BCUT2D eigenvalue weighted by Crippen LogP contribution is 2.45. The first-order chi connectivity index (χ1) is 50.7. The average Bonchev–Trinajstić information content (AvgIpc) is 0.925. The van der Waals surface area contributed by atoms with Gasteiger partial charge in [0.25, 0.3) is 0 Å². The van der Waals surface area contributed by atoms with Crippen molar-refractivity contribution >= 4 is 39.5 Å². The molecule has 17 nitrogen and oxygen atoms in total. The summed E-state index contributed by atoms with van der Waals surface area (Å²) in [7, 11) is -9.92. The van der Waals surface area contributed by atoms with Gasteiger partial charge in [0.15, 0.2) is 12.2 Å². The van der Waals surface area contributed by atoms with Crippen LogP contribution in [0, 0.1) is 0 Å². The molecule has 0 bridgehead atoms. The summed E-state index contributed by atoms with van der Waals surface area (Å²) >= 11 is 0. The maximum absolute atomic E-state index is 13.1. The van der Waals surface area contributed by atoms with Crippen molar-refractivity contribution in [1.82, 2.24) is 0 Å². The molecule has 0 spiro atoms. The third-order valence-electron chi connectivity index (χ3n) is 20.1. The van der Waals surface area contributed by atoms with Gasteiger partial charge in [-0.1, -0.05) is 413 Å². The number of ether oxygens (including phenoxy) is 4. The van der Waals surface area contributed by atoms with Crippen molar-refractivity contribution in [3.05, 3.63) is 0 Å². The minimum Gasteiger partial charge on any atom is -0.462 e. The molecule has 0 heterocycles. The van der Waals surface area contributed by atoms with Crippen LogP contribution in [0.2, 0.25) is 0 Å². The summed E-state index contributed by atoms with van der Waals surface area (Å²) in [5.41, 5.74) is 0. The number of phosphoric acid groups is 2. The Hall–Kier alpha value is -1.94. The van der Waals surface area contributed by atoms with Crippen molar-refractivity contribution in [2.45, 2.75) is 483 Å². The van der Waals surface area contributed by atoms with Gasteiger partial charge in [0.2, 0.25) is 0 Å². The molecule has 3 N–H and O–H groups in total. The highest BCUT2D eigenvalue weighted by atomic mass is 31.2. The quantitative estimate of drug-likeness (QED) is 0.0222. The minimum atomic E-state index is -4.96. The highest BCUT2D eigenvalue weighted by molar-refractivity contribution is 7.47. The fraction of sp³-hybridized carbons (Fsp3) is 0.953. The summed E-state index contributed by atoms with van der Waals surface area (Å²) in [5, 5.41) is 10.7. The zero-order valence-corrected chi connectivity index (χ0v) is 69.8. The van der Waals surface area contributed by atoms with E-state index in [0.717, 1.165) is 89.9 Å². The van der Waals surface area contributed by atoms with Gasteiger partial charge in [-0.25, -0.2) is 9.13 Å². The van der Waals surface area contributed by atoms with E-state index in [4.69, 9.17) is 37.0 Å². The molecule has 0 aliphatic rings. The van der Waals surface area contributed by atoms with Gasteiger partial charge in [0.1, 0.15) is 19.3 Å². The van der Waals surface area contributed by atoms with E-state index in [2.05, 4.69) is 27.7 Å². The van der Waals surface area contributed by atoms with E-state index in [0.29, 0.717) is 25.7 Å². The number of carbonyl (C=O) groups is 4. The maximum Gasteiger partial charge on any atom is 0.472 e. The van der Waals surface area contributed by atoms with Gasteiger partial charge in [-0.05, 0) is 25.7 Å². The molecule has 104 heavy (non-hydrogen) atoms. The van der Waals surface area contributed by atoms with E-state index >= 15 is 0 Å². The number of unbranched alkanes of at least 4 members (excludes halogenated alkanes) is 60. The van der Waals surface area contributed by atoms with Crippen molar-refractivity contribution in [1.29, 1.82) is 0 Å². The monoisotopic (exact) mass is 1520 g/mol. The Kier molecular flexibility index (Phi) is 77.7. The van der Waals surface area contributed by atoms with Crippen LogP contribution in [0.3, 0.4) is 0 Å². The normalized spacial score (nSPS) is 13.7. The highest BCUT2D eigenvalue weighted by Gasteiger charge is 2.30. The standard InChI is InChI=1S/C85H166O17P2/c1-5-9-13-17-21-25-29-33-35-37-39-40-41-42-44-46-48-52-56-60-64-68-72-85(90)102-81(76-96-83(88)70-66-62-58-54-51-47-45-43-38-36-34-30-26-22-18-14-10-6-2)78-100-104(93,94)98-74-79(86)73-97-103(91,92)99-77-80(101-84(89)71-67-63-59-55-50-32-28-24-20-16-12-8-4)75-95-82(87)69-65-61-57-53-49-31-27-23-19-15-11-7-3/h79-81,86H,5-78H2,1-4H3,(H,91,92)(H,93,94)/t79-,80+,81+/m0/s1. The van der Waals surface area contributed by atoms with Crippen LogP contribution in [0.15, 0.2) is 0 Å². The Bertz CT molecular complexity index is 1960. The fourth-order valence-corrected chi connectivity index (χ4v) is 14.9. The topological polar surface area (TPSA) is 237 Å². The molecule has 0 saturated carbocycles. The zero-order valence-electron chi connectivity index (χ0n) is 68.0. The lowest BCUT2D eigenvalue weighted by atomic mass is 10.0. The molecular formula is C85H166O17P2. The van der Waals surface area contributed by atoms with Crippen LogP contribution < -0.4 is 0 Å². The summed E-state index contributed by atoms with van der Waals surface area (Å²) in [6.07, 6.45) is 73.6. The molecule has 0 aromatic rings. The lowest BCUT2D eigenvalue weighted by molar-refractivity contribution is -0.161. The second kappa shape index (κ2) is 79.2. The van der Waals surface area contributed by atoms with Gasteiger partial charge in [0, 0.05) is 25.7 Å². The molecule has 0 amide bonds. The zero-order chi connectivity index (χ0) is 76.0. The first-order valence-electron chi connectivity index (χ1n) is 44.3. The van der Waals surface area contributed by atoms with Gasteiger partial charge >= 0.3 is 39.5 Å². The number of hydrogen-bond donors (Lipinski definition) is 3. The molecule has 0 fully saturated rings. The van der Waals surface area contributed by atoms with Gasteiger partial charge in [0.05, 0.1) is 26.4 Å². The number of hydrogen-bond acceptors (Lipinski definition) is 15. The van der Waals surface area contributed by atoms with E-state index < -0.39 is 97.5 Å². The van der Waals surface area contributed by atoms with Crippen LogP contribution in [0.5, 0.6) is 0 Å². The van der Waals surface area contributed by atoms with Crippen LogP contribution in [0.4, 0.5) is 0 Å². The van der Waals surface area contributed by atoms with Crippen molar-refractivity contribution in [3.63, 3.8) is 0 Å². The number of aliphatic hydroxyl groups excluding tert-OH is 1. The average molecular weight is 1520 g/mol. The molecule has 0 saturated heterocycles. The van der Waals surface area contributed by atoms with Crippen molar-refractivity contribution < 1.29 is 80.2 Å². The van der Waals surface area contributed by atoms with E-state index in [1.54, 1.807) is 0 Å². The molecule has 0 aromatic heterocycles. The number of carbonyl (C=O) groups excluding carboxylic acids is 4. The molecule has 0 radical (unpaired) electrons.